The number of carbonyl (C=O) groups excluding carboxylic acids is 1. The number of benzene rings is 2. The maximum atomic E-state index is 12.4. The molecule has 4 rings (SSSR count). The number of aromatic nitrogens is 2. The fraction of sp³-hybridized carbons (Fsp3) is 0.200. The smallest absolute Gasteiger partial charge is 0.229 e. The van der Waals surface area contributed by atoms with Crippen molar-refractivity contribution in [1.29, 1.82) is 0 Å². The zero-order valence-corrected chi connectivity index (χ0v) is 15.4. The van der Waals surface area contributed by atoms with E-state index in [9.17, 15) is 4.79 Å². The Morgan fingerprint density at radius 1 is 1.12 bits per heavy atom. The van der Waals surface area contributed by atoms with Gasteiger partial charge in [0.25, 0.3) is 0 Å². The van der Waals surface area contributed by atoms with Crippen LogP contribution in [0.3, 0.4) is 0 Å². The van der Waals surface area contributed by atoms with E-state index in [1.54, 1.807) is 16.8 Å². The highest BCUT2D eigenvalue weighted by Crippen LogP contribution is 2.47. The van der Waals surface area contributed by atoms with E-state index in [-0.39, 0.29) is 11.8 Å². The van der Waals surface area contributed by atoms with E-state index in [1.165, 1.54) is 5.56 Å². The number of carbonyl (C=O) groups is 1. The molecule has 0 spiro atoms. The fourth-order valence-corrected chi connectivity index (χ4v) is 3.43. The van der Waals surface area contributed by atoms with Gasteiger partial charge in [-0.3, -0.25) is 9.48 Å². The molecule has 1 aliphatic carbocycles. The van der Waals surface area contributed by atoms with Gasteiger partial charge >= 0.3 is 0 Å². The number of hydrogen-bond donors (Lipinski definition) is 1. The molecule has 132 valence electrons. The van der Waals surface area contributed by atoms with Gasteiger partial charge in [-0.05, 0) is 35.6 Å². The highest BCUT2D eigenvalue weighted by Gasteiger charge is 2.43. The zero-order chi connectivity index (χ0) is 18.1. The van der Waals surface area contributed by atoms with Crippen molar-refractivity contribution in [3.05, 3.63) is 82.0 Å². The molecule has 26 heavy (non-hydrogen) atoms. The van der Waals surface area contributed by atoms with Gasteiger partial charge in [0.05, 0.1) is 16.6 Å². The lowest BCUT2D eigenvalue weighted by Gasteiger charge is -2.04. The van der Waals surface area contributed by atoms with E-state index in [0.717, 1.165) is 12.0 Å². The Bertz CT molecular complexity index is 939. The maximum Gasteiger partial charge on any atom is 0.229 e. The maximum absolute atomic E-state index is 12.4. The van der Waals surface area contributed by atoms with Crippen LogP contribution in [-0.2, 0) is 11.3 Å². The van der Waals surface area contributed by atoms with Crippen molar-refractivity contribution in [2.75, 3.05) is 5.32 Å². The van der Waals surface area contributed by atoms with Crippen molar-refractivity contribution in [1.82, 2.24) is 9.78 Å². The Morgan fingerprint density at radius 3 is 2.69 bits per heavy atom. The Balaban J connectivity index is 1.36. The number of anilines is 1. The topological polar surface area (TPSA) is 46.9 Å². The summed E-state index contributed by atoms with van der Waals surface area (Å²) in [5.74, 6) is 0.930. The molecule has 1 saturated carbocycles. The second-order valence-corrected chi connectivity index (χ2v) is 7.31. The van der Waals surface area contributed by atoms with Crippen LogP contribution >= 0.6 is 23.2 Å². The number of hydrogen-bond acceptors (Lipinski definition) is 2. The van der Waals surface area contributed by atoms with Crippen LogP contribution < -0.4 is 5.32 Å². The van der Waals surface area contributed by atoms with Crippen LogP contribution in [-0.4, -0.2) is 15.7 Å². The molecule has 1 amide bonds. The minimum Gasteiger partial charge on any atom is -0.309 e. The number of halogens is 2. The quantitative estimate of drug-likeness (QED) is 0.672. The minimum atomic E-state index is 0.0256. The average molecular weight is 386 g/mol. The molecule has 3 aromatic rings. The van der Waals surface area contributed by atoms with Gasteiger partial charge in [-0.2, -0.15) is 5.10 Å². The van der Waals surface area contributed by atoms with Crippen molar-refractivity contribution < 1.29 is 4.79 Å². The molecule has 6 heteroatoms. The van der Waals surface area contributed by atoms with Crippen LogP contribution in [0, 0.1) is 5.92 Å². The van der Waals surface area contributed by atoms with E-state index >= 15 is 0 Å². The molecule has 1 N–H and O–H groups in total. The number of nitrogens with zero attached hydrogens (tertiary/aromatic N) is 2. The molecule has 0 bridgehead atoms. The predicted molar refractivity (Wildman–Crippen MR) is 104 cm³/mol. The van der Waals surface area contributed by atoms with Gasteiger partial charge in [-0.1, -0.05) is 59.6 Å². The third-order valence-electron chi connectivity index (χ3n) is 4.58. The molecular formula is C20H17Cl2N3O. The lowest BCUT2D eigenvalue weighted by molar-refractivity contribution is -0.117. The summed E-state index contributed by atoms with van der Waals surface area (Å²) in [7, 11) is 0. The molecule has 0 radical (unpaired) electrons. The van der Waals surface area contributed by atoms with Crippen molar-refractivity contribution in [2.24, 2.45) is 5.92 Å². The summed E-state index contributed by atoms with van der Waals surface area (Å²) < 4.78 is 1.76. The average Bonchev–Trinajstić information content (AvgIpc) is 3.34. The Kier molecular flexibility index (Phi) is 4.70. The highest BCUT2D eigenvalue weighted by atomic mass is 35.5. The summed E-state index contributed by atoms with van der Waals surface area (Å²) >= 11 is 12.0. The molecule has 2 atom stereocenters. The second kappa shape index (κ2) is 7.14. The summed E-state index contributed by atoms with van der Waals surface area (Å²) in [5, 5.41) is 8.37. The molecule has 1 aliphatic rings. The van der Waals surface area contributed by atoms with E-state index in [2.05, 4.69) is 22.5 Å². The molecule has 1 fully saturated rings. The number of nitrogens with one attached hydrogen (secondary N) is 1. The molecule has 1 aromatic heterocycles. The first-order valence-corrected chi connectivity index (χ1v) is 9.19. The standard InChI is InChI=1S/C20H17Cl2N3O/c21-17-7-6-13(10-18(17)22)12-25-9-8-19(24-25)23-20(26)16-11-15(16)14-4-2-1-3-5-14/h1-10,15-16H,11-12H2,(H,23,24,26). The monoisotopic (exact) mass is 385 g/mol. The first-order chi connectivity index (χ1) is 12.6. The van der Waals surface area contributed by atoms with E-state index in [1.807, 2.05) is 36.5 Å². The molecular weight excluding hydrogens is 369 g/mol. The Morgan fingerprint density at radius 2 is 1.92 bits per heavy atom. The second-order valence-electron chi connectivity index (χ2n) is 6.50. The van der Waals surface area contributed by atoms with Gasteiger partial charge in [0.2, 0.25) is 5.91 Å². The first kappa shape index (κ1) is 17.1. The van der Waals surface area contributed by atoms with Crippen LogP contribution in [0.2, 0.25) is 10.0 Å². The van der Waals surface area contributed by atoms with Crippen LogP contribution in [0.5, 0.6) is 0 Å². The summed E-state index contributed by atoms with van der Waals surface area (Å²) in [6, 6.07) is 17.4. The number of amides is 1. The Hall–Kier alpha value is -2.30. The van der Waals surface area contributed by atoms with Crippen molar-refractivity contribution >= 4 is 34.9 Å². The summed E-state index contributed by atoms with van der Waals surface area (Å²) in [6.07, 6.45) is 2.72. The van der Waals surface area contributed by atoms with Gasteiger partial charge < -0.3 is 5.32 Å². The summed E-state index contributed by atoms with van der Waals surface area (Å²) in [4.78, 5) is 12.4. The van der Waals surface area contributed by atoms with E-state index in [4.69, 9.17) is 23.2 Å². The lowest BCUT2D eigenvalue weighted by atomic mass is 10.1. The van der Waals surface area contributed by atoms with Gasteiger partial charge in [0, 0.05) is 18.2 Å². The van der Waals surface area contributed by atoms with Gasteiger partial charge in [0.15, 0.2) is 5.82 Å². The lowest BCUT2D eigenvalue weighted by Crippen LogP contribution is -2.15. The highest BCUT2D eigenvalue weighted by molar-refractivity contribution is 6.42. The van der Waals surface area contributed by atoms with E-state index in [0.29, 0.717) is 28.3 Å². The van der Waals surface area contributed by atoms with Gasteiger partial charge in [0.1, 0.15) is 0 Å². The van der Waals surface area contributed by atoms with Crippen molar-refractivity contribution in [3.8, 4) is 0 Å². The van der Waals surface area contributed by atoms with Crippen molar-refractivity contribution in [3.63, 3.8) is 0 Å². The third-order valence-corrected chi connectivity index (χ3v) is 5.31. The van der Waals surface area contributed by atoms with Gasteiger partial charge in [-0.25, -0.2) is 0 Å². The number of rotatable bonds is 5. The van der Waals surface area contributed by atoms with Crippen molar-refractivity contribution in [2.45, 2.75) is 18.9 Å². The SMILES string of the molecule is O=C(Nc1ccn(Cc2ccc(Cl)c(Cl)c2)n1)C1CC1c1ccccc1. The molecule has 2 aromatic carbocycles. The van der Waals surface area contributed by atoms with Crippen LogP contribution in [0.25, 0.3) is 0 Å². The zero-order valence-electron chi connectivity index (χ0n) is 13.9. The summed E-state index contributed by atoms with van der Waals surface area (Å²) in [5.41, 5.74) is 2.21. The Labute approximate surface area is 161 Å². The van der Waals surface area contributed by atoms with Crippen LogP contribution in [0.4, 0.5) is 5.82 Å². The molecule has 0 saturated heterocycles. The van der Waals surface area contributed by atoms with E-state index < -0.39 is 0 Å². The molecule has 2 unspecified atom stereocenters. The minimum absolute atomic E-state index is 0.0256. The summed E-state index contributed by atoms with van der Waals surface area (Å²) in [6.45, 7) is 0.558. The third kappa shape index (κ3) is 3.76. The van der Waals surface area contributed by atoms with Gasteiger partial charge in [-0.15, -0.1) is 0 Å². The van der Waals surface area contributed by atoms with Crippen LogP contribution in [0.15, 0.2) is 60.8 Å². The molecule has 1 heterocycles. The molecule has 0 aliphatic heterocycles. The fourth-order valence-electron chi connectivity index (χ4n) is 3.11. The van der Waals surface area contributed by atoms with Crippen LogP contribution in [0.1, 0.15) is 23.5 Å². The predicted octanol–water partition coefficient (Wildman–Crippen LogP) is 4.98. The molecule has 4 nitrogen and oxygen atoms in total. The normalized spacial score (nSPS) is 18.5. The first-order valence-electron chi connectivity index (χ1n) is 8.43. The largest absolute Gasteiger partial charge is 0.309 e.